The molecule has 0 bridgehead atoms. The van der Waals surface area contributed by atoms with E-state index in [9.17, 15) is 39.5 Å². The lowest BCUT2D eigenvalue weighted by molar-refractivity contribution is -0.167. The molecule has 15 heteroatoms. The maximum Gasteiger partial charge on any atom is 0.328 e. The summed E-state index contributed by atoms with van der Waals surface area (Å²) in [5.41, 5.74) is 0.321. The van der Waals surface area contributed by atoms with Gasteiger partial charge in [0, 0.05) is 19.2 Å². The molecule has 2 aliphatic heterocycles. The smallest absolute Gasteiger partial charge is 0.328 e. The van der Waals surface area contributed by atoms with Crippen molar-refractivity contribution in [2.75, 3.05) is 19.7 Å². The van der Waals surface area contributed by atoms with E-state index in [4.69, 9.17) is 9.47 Å². The molecule has 5 N–H and O–H groups in total. The highest BCUT2D eigenvalue weighted by atomic mass is 16.5. The number of hydrogen-bond acceptors (Lipinski definition) is 11. The van der Waals surface area contributed by atoms with Gasteiger partial charge in [-0.05, 0) is 69.9 Å². The minimum absolute atomic E-state index is 0.00246. The number of phenols is 1. The molecular weight excluding hydrogens is 807 g/mol. The van der Waals surface area contributed by atoms with Crippen LogP contribution in [0.4, 0.5) is 0 Å². The molecule has 0 aromatic heterocycles. The van der Waals surface area contributed by atoms with E-state index >= 15 is 0 Å². The van der Waals surface area contributed by atoms with Gasteiger partial charge in [0.05, 0.1) is 11.5 Å². The number of nitrogens with zero attached hydrogens (tertiary/aromatic N) is 3. The van der Waals surface area contributed by atoms with Crippen LogP contribution in [0, 0.1) is 5.92 Å². The summed E-state index contributed by atoms with van der Waals surface area (Å²) in [6.07, 6.45) is 24.9. The first-order valence-electron chi connectivity index (χ1n) is 23.9. The number of rotatable bonds is 31. The Balaban J connectivity index is 1.45. The second-order valence-corrected chi connectivity index (χ2v) is 17.1. The summed E-state index contributed by atoms with van der Waals surface area (Å²) in [5.74, 6) is -3.89. The first-order valence-corrected chi connectivity index (χ1v) is 23.9. The highest BCUT2D eigenvalue weighted by Gasteiger charge is 2.35. The van der Waals surface area contributed by atoms with Gasteiger partial charge in [0.25, 0.3) is 11.8 Å². The number of esters is 1. The second kappa shape index (κ2) is 30.6. The minimum Gasteiger partial charge on any atom is -0.507 e. The lowest BCUT2D eigenvalue weighted by Crippen LogP contribution is -2.50. The van der Waals surface area contributed by atoms with Crippen LogP contribution in [0.3, 0.4) is 0 Å². The topological polar surface area (TPSA) is 207 Å². The molecule has 5 unspecified atom stereocenters. The summed E-state index contributed by atoms with van der Waals surface area (Å²) in [6, 6.07) is 3.33. The first-order chi connectivity index (χ1) is 30.5. The van der Waals surface area contributed by atoms with Crippen LogP contribution < -0.4 is 10.6 Å². The Morgan fingerprint density at radius 3 is 2.19 bits per heavy atom. The van der Waals surface area contributed by atoms with E-state index in [2.05, 4.69) is 22.5 Å². The van der Waals surface area contributed by atoms with Crippen LogP contribution in [-0.2, 0) is 33.4 Å². The molecule has 354 valence electrons. The van der Waals surface area contributed by atoms with Crippen LogP contribution in [0.5, 0.6) is 5.75 Å². The third kappa shape index (κ3) is 19.8. The van der Waals surface area contributed by atoms with Crippen molar-refractivity contribution >= 4 is 35.5 Å². The van der Waals surface area contributed by atoms with E-state index in [1.165, 1.54) is 95.6 Å². The Morgan fingerprint density at radius 2 is 1.56 bits per heavy atom. The maximum atomic E-state index is 13.7. The summed E-state index contributed by atoms with van der Waals surface area (Å²) in [7, 11) is 0. The predicted octanol–water partition coefficient (Wildman–Crippen LogP) is 8.07. The fourth-order valence-electron chi connectivity index (χ4n) is 7.85. The Morgan fingerprint density at radius 1 is 0.921 bits per heavy atom. The third-order valence-electron chi connectivity index (χ3n) is 11.9. The number of ether oxygens (including phenoxy) is 2. The number of hydroxylamine groups is 4. The van der Waals surface area contributed by atoms with Crippen LogP contribution in [0.15, 0.2) is 41.4 Å². The van der Waals surface area contributed by atoms with Crippen LogP contribution in [-0.4, -0.2) is 105 Å². The largest absolute Gasteiger partial charge is 0.507 e. The number of carbonyl (C=O) groups is 5. The number of carbonyl (C=O) groups excluding carboxylic acids is 5. The highest BCUT2D eigenvalue weighted by Crippen LogP contribution is 2.22. The molecule has 0 spiro atoms. The number of para-hydroxylation sites is 1. The molecular formula is C48H77N5O10. The second-order valence-electron chi connectivity index (χ2n) is 17.1. The molecule has 0 saturated carbocycles. The van der Waals surface area contributed by atoms with Gasteiger partial charge in [0.15, 0.2) is 6.04 Å². The molecule has 5 atom stereocenters. The first kappa shape index (κ1) is 52.8. The van der Waals surface area contributed by atoms with E-state index in [0.717, 1.165) is 19.3 Å². The number of phenolic OH excluding ortho intramolecular Hbond substituents is 1. The van der Waals surface area contributed by atoms with Gasteiger partial charge in [-0.15, -0.1) is 0 Å². The molecule has 1 saturated heterocycles. The van der Waals surface area contributed by atoms with E-state index in [1.54, 1.807) is 38.1 Å². The van der Waals surface area contributed by atoms with Gasteiger partial charge in [-0.2, -0.15) is 0 Å². The van der Waals surface area contributed by atoms with Crippen LogP contribution in [0.2, 0.25) is 0 Å². The molecule has 4 amide bonds. The average molecular weight is 884 g/mol. The molecule has 3 rings (SSSR count). The number of aliphatic imine (C=N–C) groups is 1. The molecule has 1 aromatic rings. The standard InChI is InChI=1S/C48H77N5O10/c1-4-6-7-8-9-10-11-12-13-14-15-16-17-18-19-20-21-32-43(55)52(60)33-26-25-30-39(50-45(57)40-35-62-46(51-40)37-28-22-23-31-41(37)54)48(59)63-42(5-2)36(3)44(56)49-38-29-24-27-34-53(61)47(38)58/h21-23,28,31-32,36,38-40,42,54,60-61H,4-20,24-27,29-30,33-35H2,1-3H3,(H,49,56)(H,50,57)/b32-21+. The molecule has 2 aliphatic rings. The molecule has 0 radical (unpaired) electrons. The van der Waals surface area contributed by atoms with Crippen molar-refractivity contribution in [3.05, 3.63) is 42.0 Å². The number of unbranched alkanes of at least 4 members (excludes halogenated alkanes) is 16. The van der Waals surface area contributed by atoms with E-state index in [-0.39, 0.29) is 44.2 Å². The van der Waals surface area contributed by atoms with Gasteiger partial charge < -0.3 is 25.2 Å². The van der Waals surface area contributed by atoms with Crippen molar-refractivity contribution < 1.29 is 49.0 Å². The fourth-order valence-corrected chi connectivity index (χ4v) is 7.85. The zero-order valence-corrected chi connectivity index (χ0v) is 38.3. The summed E-state index contributed by atoms with van der Waals surface area (Å²) >= 11 is 0. The predicted molar refractivity (Wildman–Crippen MR) is 241 cm³/mol. The zero-order valence-electron chi connectivity index (χ0n) is 38.3. The molecule has 1 aromatic carbocycles. The molecule has 1 fully saturated rings. The van der Waals surface area contributed by atoms with Crippen molar-refractivity contribution in [1.29, 1.82) is 0 Å². The van der Waals surface area contributed by atoms with Crippen molar-refractivity contribution in [2.45, 2.75) is 193 Å². The Bertz CT molecular complexity index is 1600. The lowest BCUT2D eigenvalue weighted by Gasteiger charge is -2.27. The summed E-state index contributed by atoms with van der Waals surface area (Å²) in [4.78, 5) is 69.9. The van der Waals surface area contributed by atoms with Gasteiger partial charge in [-0.3, -0.25) is 29.6 Å². The molecule has 63 heavy (non-hydrogen) atoms. The monoisotopic (exact) mass is 884 g/mol. The Hall–Kier alpha value is -4.50. The number of aromatic hydroxyl groups is 1. The maximum absolute atomic E-state index is 13.7. The van der Waals surface area contributed by atoms with Gasteiger partial charge in [0.1, 0.15) is 30.5 Å². The fraction of sp³-hybridized carbons (Fsp3) is 0.708. The van der Waals surface area contributed by atoms with Gasteiger partial charge in [0.2, 0.25) is 17.7 Å². The van der Waals surface area contributed by atoms with Crippen molar-refractivity contribution in [2.24, 2.45) is 10.9 Å². The zero-order chi connectivity index (χ0) is 45.8. The summed E-state index contributed by atoms with van der Waals surface area (Å²) < 4.78 is 11.4. The van der Waals surface area contributed by atoms with Crippen molar-refractivity contribution in [3.63, 3.8) is 0 Å². The molecule has 2 heterocycles. The lowest BCUT2D eigenvalue weighted by atomic mass is 10.00. The quantitative estimate of drug-likeness (QED) is 0.0159. The van der Waals surface area contributed by atoms with E-state index in [1.807, 2.05) is 0 Å². The number of amides is 4. The van der Waals surface area contributed by atoms with E-state index < -0.39 is 59.7 Å². The van der Waals surface area contributed by atoms with Crippen LogP contribution in [0.1, 0.15) is 174 Å². The van der Waals surface area contributed by atoms with E-state index in [0.29, 0.717) is 47.8 Å². The Labute approximate surface area is 375 Å². The number of benzene rings is 1. The van der Waals surface area contributed by atoms with Gasteiger partial charge in [-0.1, -0.05) is 129 Å². The average Bonchev–Trinajstić information content (AvgIpc) is 3.72. The minimum atomic E-state index is -1.17. The van der Waals surface area contributed by atoms with Crippen LogP contribution >= 0.6 is 0 Å². The number of hydrogen-bond donors (Lipinski definition) is 5. The normalized spacial score (nSPS) is 18.0. The Kier molecular flexibility index (Phi) is 25.6. The summed E-state index contributed by atoms with van der Waals surface area (Å²) in [5, 5.41) is 37.3. The molecule has 15 nitrogen and oxygen atoms in total. The van der Waals surface area contributed by atoms with Gasteiger partial charge >= 0.3 is 5.97 Å². The van der Waals surface area contributed by atoms with Gasteiger partial charge in [-0.25, -0.2) is 19.9 Å². The summed E-state index contributed by atoms with van der Waals surface area (Å²) in [6.45, 7) is 5.64. The van der Waals surface area contributed by atoms with Crippen molar-refractivity contribution in [3.8, 4) is 5.75 Å². The number of allylic oxidation sites excluding steroid dienone is 1. The molecule has 0 aliphatic carbocycles. The van der Waals surface area contributed by atoms with Crippen LogP contribution in [0.25, 0.3) is 0 Å². The van der Waals surface area contributed by atoms with Crippen molar-refractivity contribution in [1.82, 2.24) is 20.8 Å². The third-order valence-corrected chi connectivity index (χ3v) is 11.9. The highest BCUT2D eigenvalue weighted by molar-refractivity contribution is 6.00. The SMILES string of the molecule is CCCCCCCCCCCCCCCCC/C=C/C(=O)N(O)CCCCC(NC(=O)C1COC(c2ccccc2O)=N1)C(=O)OC(CC)C(C)C(=O)NC1CCCCN(O)C1=O. The number of nitrogens with one attached hydrogen (secondary N) is 2.